The second-order valence-corrected chi connectivity index (χ2v) is 7.27. The molecule has 1 amide bonds. The summed E-state index contributed by atoms with van der Waals surface area (Å²) < 4.78 is 42.7. The summed E-state index contributed by atoms with van der Waals surface area (Å²) in [5.41, 5.74) is 2.01. The molecule has 0 aliphatic carbocycles. The predicted octanol–water partition coefficient (Wildman–Crippen LogP) is 4.90. The third kappa shape index (κ3) is 5.14. The van der Waals surface area contributed by atoms with Crippen molar-refractivity contribution in [2.45, 2.75) is 19.1 Å². The third-order valence-electron chi connectivity index (χ3n) is 4.52. The molecule has 0 spiro atoms. The predicted molar refractivity (Wildman–Crippen MR) is 110 cm³/mol. The highest BCUT2D eigenvalue weighted by molar-refractivity contribution is 6.31. The Morgan fingerprint density at radius 3 is 2.53 bits per heavy atom. The van der Waals surface area contributed by atoms with Crippen molar-refractivity contribution in [3.8, 4) is 5.88 Å². The molecule has 0 saturated heterocycles. The number of hydrogen-bond acceptors (Lipinski definition) is 5. The summed E-state index contributed by atoms with van der Waals surface area (Å²) in [5, 5.41) is 3.89. The molecule has 0 aliphatic rings. The van der Waals surface area contributed by atoms with Crippen LogP contribution in [0, 0.1) is 0 Å². The van der Waals surface area contributed by atoms with E-state index in [9.17, 15) is 18.0 Å². The Hall–Kier alpha value is -3.66. The molecule has 32 heavy (non-hydrogen) atoms. The van der Waals surface area contributed by atoms with Crippen LogP contribution in [0.5, 0.6) is 5.88 Å². The molecule has 0 aliphatic heterocycles. The van der Waals surface area contributed by atoms with Gasteiger partial charge < -0.3 is 15.0 Å². The number of rotatable bonds is 5. The lowest BCUT2D eigenvalue weighted by Gasteiger charge is -2.08. The maximum atomic E-state index is 12.5. The number of carbonyl (C=O) groups is 1. The molecular weight excluding hydrogens is 447 g/mol. The minimum absolute atomic E-state index is 0.0424. The molecule has 4 rings (SSSR count). The number of fused-ring (bicyclic) bond motifs is 1. The minimum Gasteiger partial charge on any atom is -0.391 e. The number of ether oxygens (including phenoxy) is 1. The van der Waals surface area contributed by atoms with Crippen molar-refractivity contribution < 1.29 is 22.7 Å². The van der Waals surface area contributed by atoms with Gasteiger partial charge >= 0.3 is 12.3 Å². The van der Waals surface area contributed by atoms with Crippen molar-refractivity contribution >= 4 is 28.7 Å². The van der Waals surface area contributed by atoms with E-state index in [1.165, 1.54) is 6.07 Å². The van der Waals surface area contributed by atoms with Gasteiger partial charge in [-0.3, -0.25) is 4.98 Å². The molecule has 0 fully saturated rings. The quantitative estimate of drug-likeness (QED) is 0.441. The zero-order valence-electron chi connectivity index (χ0n) is 16.3. The molecule has 0 saturated carbocycles. The van der Waals surface area contributed by atoms with Crippen LogP contribution in [0.15, 0.2) is 55.1 Å². The molecule has 0 unspecified atom stereocenters. The van der Waals surface area contributed by atoms with Crippen molar-refractivity contribution in [1.82, 2.24) is 25.3 Å². The van der Waals surface area contributed by atoms with E-state index in [0.717, 1.165) is 34.4 Å². The van der Waals surface area contributed by atoms with Crippen molar-refractivity contribution in [3.63, 3.8) is 0 Å². The van der Waals surface area contributed by atoms with Crippen molar-refractivity contribution in [1.29, 1.82) is 0 Å². The number of nitrogens with zero attached hydrogens (tertiary/aromatic N) is 3. The lowest BCUT2D eigenvalue weighted by atomic mass is 10.1. The Balaban J connectivity index is 1.32. The SMILES string of the molecule is O=C(NCc1ccc(C(F)(F)F)nc1)Oc1ccc(Cc2c[nH]c3ncc(Cl)cc23)cn1. The van der Waals surface area contributed by atoms with Crippen molar-refractivity contribution in [2.75, 3.05) is 0 Å². The second kappa shape index (κ2) is 8.83. The van der Waals surface area contributed by atoms with E-state index in [2.05, 4.69) is 25.3 Å². The molecule has 164 valence electrons. The van der Waals surface area contributed by atoms with Gasteiger partial charge in [-0.05, 0) is 28.8 Å². The third-order valence-corrected chi connectivity index (χ3v) is 4.73. The highest BCUT2D eigenvalue weighted by Crippen LogP contribution is 2.27. The molecule has 0 radical (unpaired) electrons. The smallest absolute Gasteiger partial charge is 0.391 e. The Kier molecular flexibility index (Phi) is 5.95. The van der Waals surface area contributed by atoms with E-state index in [1.807, 2.05) is 12.3 Å². The van der Waals surface area contributed by atoms with E-state index in [4.69, 9.17) is 16.3 Å². The number of aromatic amines is 1. The maximum Gasteiger partial charge on any atom is 0.433 e. The van der Waals surface area contributed by atoms with Crippen LogP contribution in [0.4, 0.5) is 18.0 Å². The number of H-pyrrole nitrogens is 1. The molecule has 0 bridgehead atoms. The van der Waals surface area contributed by atoms with E-state index >= 15 is 0 Å². The van der Waals surface area contributed by atoms with Crippen LogP contribution in [-0.2, 0) is 19.1 Å². The molecule has 11 heteroatoms. The first-order chi connectivity index (χ1) is 15.3. The van der Waals surface area contributed by atoms with E-state index < -0.39 is 18.0 Å². The molecule has 2 N–H and O–H groups in total. The summed E-state index contributed by atoms with van der Waals surface area (Å²) in [6.07, 6.45) is 1.31. The average Bonchev–Trinajstić information content (AvgIpc) is 3.15. The Bertz CT molecular complexity index is 1240. The van der Waals surface area contributed by atoms with Crippen LogP contribution in [0.2, 0.25) is 5.02 Å². The molecular formula is C21H15ClF3N5O2. The Morgan fingerprint density at radius 2 is 1.84 bits per heavy atom. The standard InChI is InChI=1S/C21H15ClF3N5O2/c22-15-6-16-14(10-28-19(16)29-11-15)5-12-2-4-18(27-7-12)32-20(31)30-9-13-1-3-17(26-8-13)21(23,24)25/h1-4,6-8,10-11H,5,9H2,(H,28,29)(H,30,31). The minimum atomic E-state index is -4.51. The number of hydrogen-bond donors (Lipinski definition) is 2. The number of pyridine rings is 3. The van der Waals surface area contributed by atoms with Gasteiger partial charge in [-0.25, -0.2) is 14.8 Å². The van der Waals surface area contributed by atoms with Crippen LogP contribution in [0.1, 0.15) is 22.4 Å². The van der Waals surface area contributed by atoms with Crippen molar-refractivity contribution in [2.24, 2.45) is 0 Å². The summed E-state index contributed by atoms with van der Waals surface area (Å²) in [6.45, 7) is -0.0424. The second-order valence-electron chi connectivity index (χ2n) is 6.84. The number of halogens is 4. The van der Waals surface area contributed by atoms with Gasteiger partial charge in [0.25, 0.3) is 0 Å². The summed E-state index contributed by atoms with van der Waals surface area (Å²) in [6, 6.07) is 7.23. The van der Waals surface area contributed by atoms with E-state index in [1.54, 1.807) is 24.5 Å². The first kappa shape index (κ1) is 21.6. The number of carbonyl (C=O) groups excluding carboxylic acids is 1. The van der Waals surface area contributed by atoms with E-state index in [-0.39, 0.29) is 12.4 Å². The molecule has 4 aromatic heterocycles. The van der Waals surface area contributed by atoms with Gasteiger partial charge in [0.1, 0.15) is 11.3 Å². The molecule has 4 aromatic rings. The van der Waals surface area contributed by atoms with Gasteiger partial charge in [-0.1, -0.05) is 23.7 Å². The highest BCUT2D eigenvalue weighted by atomic mass is 35.5. The van der Waals surface area contributed by atoms with Crippen LogP contribution >= 0.6 is 11.6 Å². The average molecular weight is 462 g/mol. The first-order valence-corrected chi connectivity index (χ1v) is 9.70. The number of alkyl halides is 3. The van der Waals surface area contributed by atoms with Gasteiger partial charge in [-0.2, -0.15) is 13.2 Å². The number of aromatic nitrogens is 4. The fraction of sp³-hybridized carbons (Fsp3) is 0.143. The summed E-state index contributed by atoms with van der Waals surface area (Å²) >= 11 is 6.02. The zero-order valence-corrected chi connectivity index (χ0v) is 17.0. The van der Waals surface area contributed by atoms with Crippen molar-refractivity contribution in [3.05, 3.63) is 82.5 Å². The summed E-state index contributed by atoms with van der Waals surface area (Å²) in [5.74, 6) is 0.0837. The van der Waals surface area contributed by atoms with Gasteiger partial charge in [0.15, 0.2) is 0 Å². The molecule has 0 atom stereocenters. The largest absolute Gasteiger partial charge is 0.433 e. The summed E-state index contributed by atoms with van der Waals surface area (Å²) in [4.78, 5) is 26.7. The van der Waals surface area contributed by atoms with Gasteiger partial charge in [0, 0.05) is 49.2 Å². The van der Waals surface area contributed by atoms with E-state index in [0.29, 0.717) is 17.0 Å². The maximum absolute atomic E-state index is 12.5. The van der Waals surface area contributed by atoms with Crippen LogP contribution < -0.4 is 10.1 Å². The fourth-order valence-electron chi connectivity index (χ4n) is 2.98. The van der Waals surface area contributed by atoms with Crippen LogP contribution in [0.25, 0.3) is 11.0 Å². The number of amides is 1. The Labute approximate surface area is 184 Å². The normalized spacial score (nSPS) is 11.5. The first-order valence-electron chi connectivity index (χ1n) is 9.32. The molecule has 4 heterocycles. The lowest BCUT2D eigenvalue weighted by Crippen LogP contribution is -2.26. The highest BCUT2D eigenvalue weighted by Gasteiger charge is 2.32. The fourth-order valence-corrected chi connectivity index (χ4v) is 3.13. The van der Waals surface area contributed by atoms with Crippen LogP contribution in [-0.4, -0.2) is 26.0 Å². The van der Waals surface area contributed by atoms with Crippen LogP contribution in [0.3, 0.4) is 0 Å². The molecule has 0 aromatic carbocycles. The monoisotopic (exact) mass is 461 g/mol. The van der Waals surface area contributed by atoms with Gasteiger partial charge in [0.05, 0.1) is 5.02 Å². The van der Waals surface area contributed by atoms with Gasteiger partial charge in [-0.15, -0.1) is 0 Å². The number of nitrogens with one attached hydrogen (secondary N) is 2. The topological polar surface area (TPSA) is 92.8 Å². The molecule has 7 nitrogen and oxygen atoms in total. The Morgan fingerprint density at radius 1 is 1.06 bits per heavy atom. The summed E-state index contributed by atoms with van der Waals surface area (Å²) in [7, 11) is 0. The zero-order chi connectivity index (χ0) is 22.7. The lowest BCUT2D eigenvalue weighted by molar-refractivity contribution is -0.141. The van der Waals surface area contributed by atoms with Gasteiger partial charge in [0.2, 0.25) is 5.88 Å².